The van der Waals surface area contributed by atoms with Crippen molar-refractivity contribution in [2.45, 2.75) is 6.54 Å². The fraction of sp³-hybridized carbons (Fsp3) is 0.143. The minimum atomic E-state index is -0.684. The lowest BCUT2D eigenvalue weighted by Crippen LogP contribution is -2.06. The Morgan fingerprint density at radius 3 is 2.75 bits per heavy atom. The largest absolute Gasteiger partial charge is 0.508 e. The van der Waals surface area contributed by atoms with Crippen LogP contribution >= 0.6 is 11.6 Å². The SMILES string of the molecule is ONCc1cc(Cl)c(F)cc1O. The third-order valence-electron chi connectivity index (χ3n) is 1.39. The van der Waals surface area contributed by atoms with Gasteiger partial charge in [-0.1, -0.05) is 11.6 Å². The van der Waals surface area contributed by atoms with Crippen molar-refractivity contribution in [2.75, 3.05) is 0 Å². The summed E-state index contributed by atoms with van der Waals surface area (Å²) >= 11 is 5.43. The first-order valence-corrected chi connectivity index (χ1v) is 3.56. The molecule has 0 bridgehead atoms. The van der Waals surface area contributed by atoms with Crippen LogP contribution in [0.15, 0.2) is 12.1 Å². The van der Waals surface area contributed by atoms with Gasteiger partial charge in [-0.3, -0.25) is 0 Å². The normalized spacial score (nSPS) is 10.2. The van der Waals surface area contributed by atoms with E-state index in [2.05, 4.69) is 0 Å². The van der Waals surface area contributed by atoms with Gasteiger partial charge in [0.1, 0.15) is 11.6 Å². The summed E-state index contributed by atoms with van der Waals surface area (Å²) in [5.74, 6) is -0.922. The van der Waals surface area contributed by atoms with Crippen LogP contribution in [0.4, 0.5) is 4.39 Å². The number of nitrogens with one attached hydrogen (secondary N) is 1. The highest BCUT2D eigenvalue weighted by Gasteiger charge is 2.06. The summed E-state index contributed by atoms with van der Waals surface area (Å²) in [4.78, 5) is 0. The second-order valence-corrected chi connectivity index (χ2v) is 2.64. The van der Waals surface area contributed by atoms with E-state index in [9.17, 15) is 4.39 Å². The van der Waals surface area contributed by atoms with Gasteiger partial charge in [0.2, 0.25) is 0 Å². The van der Waals surface area contributed by atoms with Gasteiger partial charge in [-0.25, -0.2) is 9.87 Å². The molecule has 0 atom stereocenters. The molecule has 0 aromatic heterocycles. The fourth-order valence-corrected chi connectivity index (χ4v) is 0.991. The lowest BCUT2D eigenvalue weighted by Gasteiger charge is -2.03. The van der Waals surface area contributed by atoms with Crippen LogP contribution in [-0.2, 0) is 6.54 Å². The number of hydrogen-bond donors (Lipinski definition) is 3. The maximum Gasteiger partial charge on any atom is 0.145 e. The molecule has 3 N–H and O–H groups in total. The molecule has 0 heterocycles. The molecular weight excluding hydrogens is 185 g/mol. The monoisotopic (exact) mass is 191 g/mol. The molecule has 0 amide bonds. The van der Waals surface area contributed by atoms with Crippen molar-refractivity contribution in [2.24, 2.45) is 0 Å². The number of hydroxylamine groups is 1. The van der Waals surface area contributed by atoms with Crippen LogP contribution in [0, 0.1) is 5.82 Å². The second kappa shape index (κ2) is 3.71. The number of rotatable bonds is 2. The third kappa shape index (κ3) is 1.85. The molecule has 0 unspecified atom stereocenters. The van der Waals surface area contributed by atoms with E-state index in [-0.39, 0.29) is 17.3 Å². The average molecular weight is 192 g/mol. The molecular formula is C7H7ClFNO2. The summed E-state index contributed by atoms with van der Waals surface area (Å²) < 4.78 is 12.6. The molecule has 0 fully saturated rings. The molecule has 12 heavy (non-hydrogen) atoms. The molecule has 0 saturated carbocycles. The summed E-state index contributed by atoms with van der Waals surface area (Å²) in [7, 11) is 0. The number of aromatic hydroxyl groups is 1. The third-order valence-corrected chi connectivity index (χ3v) is 1.68. The summed E-state index contributed by atoms with van der Waals surface area (Å²) in [6.45, 7) is 0.0197. The average Bonchev–Trinajstić information content (AvgIpc) is 2.01. The van der Waals surface area contributed by atoms with E-state index in [1.165, 1.54) is 6.07 Å². The van der Waals surface area contributed by atoms with Gasteiger partial charge in [0.25, 0.3) is 0 Å². The predicted molar refractivity (Wildman–Crippen MR) is 41.7 cm³/mol. The number of phenolic OH excluding ortho intramolecular Hbond substituents is 1. The molecule has 0 spiro atoms. The first-order valence-electron chi connectivity index (χ1n) is 3.19. The van der Waals surface area contributed by atoms with Crippen molar-refractivity contribution in [3.63, 3.8) is 0 Å². The van der Waals surface area contributed by atoms with Gasteiger partial charge < -0.3 is 10.3 Å². The van der Waals surface area contributed by atoms with Crippen LogP contribution in [0.25, 0.3) is 0 Å². The van der Waals surface area contributed by atoms with Gasteiger partial charge in [-0.05, 0) is 6.07 Å². The molecule has 5 heteroatoms. The van der Waals surface area contributed by atoms with E-state index in [1.807, 2.05) is 5.48 Å². The van der Waals surface area contributed by atoms with Gasteiger partial charge in [0, 0.05) is 18.2 Å². The van der Waals surface area contributed by atoms with Crippen molar-refractivity contribution < 1.29 is 14.7 Å². The Morgan fingerprint density at radius 1 is 1.50 bits per heavy atom. The Morgan fingerprint density at radius 2 is 2.17 bits per heavy atom. The first-order chi connectivity index (χ1) is 5.65. The van der Waals surface area contributed by atoms with Crippen LogP contribution < -0.4 is 5.48 Å². The number of halogens is 2. The summed E-state index contributed by atoms with van der Waals surface area (Å²) in [5.41, 5.74) is 2.17. The maximum atomic E-state index is 12.6. The zero-order valence-electron chi connectivity index (χ0n) is 6.01. The smallest absolute Gasteiger partial charge is 0.145 e. The molecule has 1 aromatic carbocycles. The molecule has 0 aliphatic rings. The lowest BCUT2D eigenvalue weighted by atomic mass is 10.2. The zero-order chi connectivity index (χ0) is 9.14. The van der Waals surface area contributed by atoms with Crippen LogP contribution in [0.3, 0.4) is 0 Å². The predicted octanol–water partition coefficient (Wildman–Crippen LogP) is 1.66. The molecule has 1 rings (SSSR count). The summed E-state index contributed by atoms with van der Waals surface area (Å²) in [6, 6.07) is 2.14. The van der Waals surface area contributed by atoms with Crippen molar-refractivity contribution in [1.82, 2.24) is 5.48 Å². The Bertz CT molecular complexity index is 293. The quantitative estimate of drug-likeness (QED) is 0.624. The Labute approximate surface area is 73.4 Å². The molecule has 0 aliphatic carbocycles. The van der Waals surface area contributed by atoms with Crippen molar-refractivity contribution >= 4 is 11.6 Å². The standard InChI is InChI=1S/C7H7ClFNO2/c8-5-1-4(3-10-12)7(11)2-6(5)9/h1-2,10-12H,3H2. The Hall–Kier alpha value is -0.840. The summed E-state index contributed by atoms with van der Waals surface area (Å²) in [6.07, 6.45) is 0. The first kappa shape index (κ1) is 9.25. The van der Waals surface area contributed by atoms with Gasteiger partial charge in [0.15, 0.2) is 0 Å². The number of benzene rings is 1. The highest BCUT2D eigenvalue weighted by Crippen LogP contribution is 2.24. The minimum Gasteiger partial charge on any atom is -0.508 e. The molecule has 0 saturated heterocycles. The number of hydrogen-bond acceptors (Lipinski definition) is 3. The maximum absolute atomic E-state index is 12.6. The van der Waals surface area contributed by atoms with E-state index < -0.39 is 5.82 Å². The van der Waals surface area contributed by atoms with Gasteiger partial charge in [0.05, 0.1) is 5.02 Å². The highest BCUT2D eigenvalue weighted by atomic mass is 35.5. The molecule has 1 aromatic rings. The summed E-state index contributed by atoms with van der Waals surface area (Å²) in [5, 5.41) is 17.3. The van der Waals surface area contributed by atoms with Crippen LogP contribution in [0.1, 0.15) is 5.56 Å². The molecule has 66 valence electrons. The minimum absolute atomic E-state index is 0.0197. The lowest BCUT2D eigenvalue weighted by molar-refractivity contribution is 0.160. The number of phenols is 1. The van der Waals surface area contributed by atoms with Gasteiger partial charge in [-0.2, -0.15) is 0 Å². The van der Waals surface area contributed by atoms with E-state index in [4.69, 9.17) is 21.9 Å². The van der Waals surface area contributed by atoms with Crippen LogP contribution in [0.5, 0.6) is 5.75 Å². The molecule has 0 aliphatic heterocycles. The van der Waals surface area contributed by atoms with E-state index in [1.54, 1.807) is 0 Å². The van der Waals surface area contributed by atoms with Crippen LogP contribution in [-0.4, -0.2) is 10.3 Å². The highest BCUT2D eigenvalue weighted by molar-refractivity contribution is 6.30. The van der Waals surface area contributed by atoms with E-state index in [0.717, 1.165) is 6.07 Å². The second-order valence-electron chi connectivity index (χ2n) is 2.23. The molecule has 0 radical (unpaired) electrons. The van der Waals surface area contributed by atoms with Crippen LogP contribution in [0.2, 0.25) is 5.02 Å². The van der Waals surface area contributed by atoms with Crippen molar-refractivity contribution in [3.8, 4) is 5.75 Å². The Balaban J connectivity index is 3.05. The topological polar surface area (TPSA) is 52.5 Å². The zero-order valence-corrected chi connectivity index (χ0v) is 6.77. The molecule has 3 nitrogen and oxygen atoms in total. The van der Waals surface area contributed by atoms with Gasteiger partial charge in [-0.15, -0.1) is 0 Å². The van der Waals surface area contributed by atoms with Gasteiger partial charge >= 0.3 is 0 Å². The Kier molecular flexibility index (Phi) is 2.86. The van der Waals surface area contributed by atoms with E-state index in [0.29, 0.717) is 5.56 Å². The van der Waals surface area contributed by atoms with Crippen molar-refractivity contribution in [3.05, 3.63) is 28.5 Å². The fourth-order valence-electron chi connectivity index (χ4n) is 0.804. The van der Waals surface area contributed by atoms with E-state index >= 15 is 0 Å². The van der Waals surface area contributed by atoms with Crippen molar-refractivity contribution in [1.29, 1.82) is 0 Å².